The van der Waals surface area contributed by atoms with E-state index in [2.05, 4.69) is 11.0 Å². The molecule has 1 heterocycles. The molecule has 3 N–H and O–H groups in total. The van der Waals surface area contributed by atoms with Crippen molar-refractivity contribution in [1.29, 1.82) is 0 Å². The lowest BCUT2D eigenvalue weighted by Crippen LogP contribution is -2.24. The highest BCUT2D eigenvalue weighted by atomic mass is 16.5. The van der Waals surface area contributed by atoms with E-state index in [0.29, 0.717) is 12.5 Å². The highest BCUT2D eigenvalue weighted by Crippen LogP contribution is 2.26. The van der Waals surface area contributed by atoms with Gasteiger partial charge in [0.1, 0.15) is 5.75 Å². The number of likely N-dealkylation sites (tertiary alicyclic amines) is 1. The first-order valence-electron chi connectivity index (χ1n) is 6.90. The van der Waals surface area contributed by atoms with Gasteiger partial charge in [0.2, 0.25) is 0 Å². The number of aliphatic hydroxyl groups excluding tert-OH is 1. The summed E-state index contributed by atoms with van der Waals surface area (Å²) in [7, 11) is 1.70. The van der Waals surface area contributed by atoms with Gasteiger partial charge in [0, 0.05) is 25.2 Å². The Hall–Kier alpha value is -1.10. The van der Waals surface area contributed by atoms with E-state index < -0.39 is 0 Å². The van der Waals surface area contributed by atoms with Crippen molar-refractivity contribution in [2.75, 3.05) is 20.2 Å². The molecule has 0 radical (unpaired) electrons. The molecule has 0 aromatic heterocycles. The summed E-state index contributed by atoms with van der Waals surface area (Å²) in [6.07, 6.45) is 0.846. The Balaban J connectivity index is 2.06. The predicted octanol–water partition coefficient (Wildman–Crippen LogP) is 1.36. The maximum Gasteiger partial charge on any atom is 0.123 e. The normalized spacial score (nSPS) is 21.6. The van der Waals surface area contributed by atoms with Crippen molar-refractivity contribution in [1.82, 2.24) is 4.90 Å². The molecule has 4 nitrogen and oxygen atoms in total. The summed E-state index contributed by atoms with van der Waals surface area (Å²) >= 11 is 0. The molecule has 2 rings (SSSR count). The van der Waals surface area contributed by atoms with Crippen LogP contribution in [-0.2, 0) is 13.1 Å². The van der Waals surface area contributed by atoms with Gasteiger partial charge in [-0.05, 0) is 43.5 Å². The SMILES string of the molecule is COc1ccc(CN)cc1CN1CCC(C(C)O)C1. The van der Waals surface area contributed by atoms with Gasteiger partial charge in [-0.3, -0.25) is 4.90 Å². The number of nitrogens with two attached hydrogens (primary N) is 1. The fourth-order valence-corrected chi connectivity index (χ4v) is 2.72. The second kappa shape index (κ2) is 6.37. The lowest BCUT2D eigenvalue weighted by atomic mass is 10.0. The quantitative estimate of drug-likeness (QED) is 0.843. The van der Waals surface area contributed by atoms with Crippen molar-refractivity contribution in [3.05, 3.63) is 29.3 Å². The van der Waals surface area contributed by atoms with Crippen LogP contribution in [0.3, 0.4) is 0 Å². The van der Waals surface area contributed by atoms with Crippen molar-refractivity contribution in [3.63, 3.8) is 0 Å². The Kier molecular flexibility index (Phi) is 4.80. The topological polar surface area (TPSA) is 58.7 Å². The molecule has 1 aliphatic rings. The number of nitrogens with zero attached hydrogens (tertiary/aromatic N) is 1. The Morgan fingerprint density at radius 1 is 1.53 bits per heavy atom. The third-order valence-electron chi connectivity index (χ3n) is 3.97. The molecule has 0 spiro atoms. The fourth-order valence-electron chi connectivity index (χ4n) is 2.72. The largest absolute Gasteiger partial charge is 0.496 e. The van der Waals surface area contributed by atoms with Crippen LogP contribution < -0.4 is 10.5 Å². The van der Waals surface area contributed by atoms with Gasteiger partial charge in [0.25, 0.3) is 0 Å². The molecule has 1 aromatic carbocycles. The highest BCUT2D eigenvalue weighted by molar-refractivity contribution is 5.37. The Bertz CT molecular complexity index is 421. The van der Waals surface area contributed by atoms with Crippen molar-refractivity contribution in [2.24, 2.45) is 11.7 Å². The molecule has 1 fully saturated rings. The first-order chi connectivity index (χ1) is 9.13. The first-order valence-corrected chi connectivity index (χ1v) is 6.90. The molecule has 19 heavy (non-hydrogen) atoms. The van der Waals surface area contributed by atoms with Crippen LogP contribution in [0, 0.1) is 5.92 Å². The van der Waals surface area contributed by atoms with Gasteiger partial charge in [-0.25, -0.2) is 0 Å². The van der Waals surface area contributed by atoms with Crippen LogP contribution in [0.25, 0.3) is 0 Å². The molecule has 0 saturated carbocycles. The first kappa shape index (κ1) is 14.3. The summed E-state index contributed by atoms with van der Waals surface area (Å²) in [6, 6.07) is 6.11. The summed E-state index contributed by atoms with van der Waals surface area (Å²) in [5.74, 6) is 1.31. The molecule has 0 amide bonds. The van der Waals surface area contributed by atoms with E-state index in [4.69, 9.17) is 10.5 Å². The number of hydrogen-bond acceptors (Lipinski definition) is 4. The zero-order valence-electron chi connectivity index (χ0n) is 11.8. The summed E-state index contributed by atoms with van der Waals surface area (Å²) in [4.78, 5) is 2.37. The molecular weight excluding hydrogens is 240 g/mol. The van der Waals surface area contributed by atoms with Crippen LogP contribution in [0.1, 0.15) is 24.5 Å². The number of methoxy groups -OCH3 is 1. The second-order valence-electron chi connectivity index (χ2n) is 5.37. The molecule has 2 unspecified atom stereocenters. The lowest BCUT2D eigenvalue weighted by molar-refractivity contribution is 0.127. The molecule has 1 aliphatic heterocycles. The van der Waals surface area contributed by atoms with Gasteiger partial charge < -0.3 is 15.6 Å². The van der Waals surface area contributed by atoms with Crippen LogP contribution in [-0.4, -0.2) is 36.3 Å². The number of ether oxygens (including phenoxy) is 1. The molecule has 2 atom stereocenters. The summed E-state index contributed by atoms with van der Waals surface area (Å²) in [5.41, 5.74) is 8.00. The van der Waals surface area contributed by atoms with Gasteiger partial charge in [-0.1, -0.05) is 6.07 Å². The Labute approximate surface area is 115 Å². The van der Waals surface area contributed by atoms with Crippen LogP contribution in [0.2, 0.25) is 0 Å². The van der Waals surface area contributed by atoms with Crippen molar-refractivity contribution in [3.8, 4) is 5.75 Å². The average molecular weight is 264 g/mol. The van der Waals surface area contributed by atoms with Crippen molar-refractivity contribution in [2.45, 2.75) is 32.5 Å². The standard InChI is InChI=1S/C15H24N2O2/c1-11(18)13-5-6-17(9-13)10-14-7-12(8-16)3-4-15(14)19-2/h3-4,7,11,13,18H,5-6,8-10,16H2,1-2H3. The lowest BCUT2D eigenvalue weighted by Gasteiger charge is -2.19. The summed E-state index contributed by atoms with van der Waals surface area (Å²) in [6.45, 7) is 5.27. The maximum absolute atomic E-state index is 9.65. The third-order valence-corrected chi connectivity index (χ3v) is 3.97. The molecule has 0 aliphatic carbocycles. The highest BCUT2D eigenvalue weighted by Gasteiger charge is 2.26. The zero-order chi connectivity index (χ0) is 13.8. The number of aliphatic hydroxyl groups is 1. The van der Waals surface area contributed by atoms with E-state index in [1.807, 2.05) is 19.1 Å². The average Bonchev–Trinajstić information content (AvgIpc) is 2.87. The number of benzene rings is 1. The minimum absolute atomic E-state index is 0.220. The summed E-state index contributed by atoms with van der Waals surface area (Å²) < 4.78 is 5.41. The van der Waals surface area contributed by atoms with Gasteiger partial charge in [0.15, 0.2) is 0 Å². The van der Waals surface area contributed by atoms with Crippen LogP contribution in [0.4, 0.5) is 0 Å². The van der Waals surface area contributed by atoms with Crippen LogP contribution in [0.5, 0.6) is 5.75 Å². The zero-order valence-corrected chi connectivity index (χ0v) is 11.8. The molecule has 1 saturated heterocycles. The smallest absolute Gasteiger partial charge is 0.123 e. The number of rotatable bonds is 5. The predicted molar refractivity (Wildman–Crippen MR) is 76.0 cm³/mol. The van der Waals surface area contributed by atoms with Crippen LogP contribution in [0.15, 0.2) is 18.2 Å². The monoisotopic (exact) mass is 264 g/mol. The Morgan fingerprint density at radius 2 is 2.32 bits per heavy atom. The molecule has 106 valence electrons. The fraction of sp³-hybridized carbons (Fsp3) is 0.600. The van der Waals surface area contributed by atoms with Crippen LogP contribution >= 0.6 is 0 Å². The maximum atomic E-state index is 9.65. The van der Waals surface area contributed by atoms with E-state index in [1.54, 1.807) is 7.11 Å². The minimum atomic E-state index is -0.220. The van der Waals surface area contributed by atoms with Gasteiger partial charge >= 0.3 is 0 Å². The van der Waals surface area contributed by atoms with Gasteiger partial charge in [-0.15, -0.1) is 0 Å². The van der Waals surface area contributed by atoms with E-state index in [1.165, 1.54) is 5.56 Å². The van der Waals surface area contributed by atoms with E-state index in [-0.39, 0.29) is 6.10 Å². The van der Waals surface area contributed by atoms with Crippen molar-refractivity contribution >= 4 is 0 Å². The number of hydrogen-bond donors (Lipinski definition) is 2. The molecular formula is C15H24N2O2. The van der Waals surface area contributed by atoms with Gasteiger partial charge in [0.05, 0.1) is 13.2 Å². The van der Waals surface area contributed by atoms with E-state index in [9.17, 15) is 5.11 Å². The Morgan fingerprint density at radius 3 is 2.89 bits per heavy atom. The summed E-state index contributed by atoms with van der Waals surface area (Å²) in [5, 5.41) is 9.65. The van der Waals surface area contributed by atoms with E-state index >= 15 is 0 Å². The third kappa shape index (κ3) is 3.47. The molecule has 4 heteroatoms. The molecule has 0 bridgehead atoms. The molecule has 1 aromatic rings. The van der Waals surface area contributed by atoms with Gasteiger partial charge in [-0.2, -0.15) is 0 Å². The van der Waals surface area contributed by atoms with E-state index in [0.717, 1.165) is 37.4 Å². The van der Waals surface area contributed by atoms with Crippen molar-refractivity contribution < 1.29 is 9.84 Å². The second-order valence-corrected chi connectivity index (χ2v) is 5.37. The minimum Gasteiger partial charge on any atom is -0.496 e.